The molecule has 0 aliphatic carbocycles. The van der Waals surface area contributed by atoms with Crippen molar-refractivity contribution in [1.82, 2.24) is 0 Å². The van der Waals surface area contributed by atoms with Crippen molar-refractivity contribution in [2.24, 2.45) is 0 Å². The van der Waals surface area contributed by atoms with Crippen molar-refractivity contribution in [3.63, 3.8) is 0 Å². The molecule has 0 unspecified atom stereocenters. The summed E-state index contributed by atoms with van der Waals surface area (Å²) < 4.78 is 29.4. The normalized spacial score (nSPS) is 10.8. The number of benzene rings is 2. The highest BCUT2D eigenvalue weighted by atomic mass is 19.1. The lowest BCUT2D eigenvalue weighted by Crippen LogP contribution is -1.95. The molecule has 0 aliphatic heterocycles. The van der Waals surface area contributed by atoms with E-state index in [1.165, 1.54) is 25.3 Å². The second-order valence-electron chi connectivity index (χ2n) is 4.64. The van der Waals surface area contributed by atoms with E-state index in [9.17, 15) is 4.39 Å². The van der Waals surface area contributed by atoms with E-state index in [1.807, 2.05) is 6.07 Å². The summed E-state index contributed by atoms with van der Waals surface area (Å²) >= 11 is 0. The average molecular weight is 313 g/mol. The van der Waals surface area contributed by atoms with Crippen LogP contribution in [0.3, 0.4) is 0 Å². The van der Waals surface area contributed by atoms with Crippen LogP contribution in [-0.4, -0.2) is 21.3 Å². The second-order valence-corrected chi connectivity index (χ2v) is 4.64. The molecule has 0 bridgehead atoms. The van der Waals surface area contributed by atoms with E-state index in [2.05, 4.69) is 0 Å². The van der Waals surface area contributed by atoms with E-state index in [0.717, 1.165) is 0 Å². The summed E-state index contributed by atoms with van der Waals surface area (Å²) in [6.07, 6.45) is 1.36. The molecule has 4 nitrogen and oxygen atoms in total. The Bertz CT molecular complexity index is 756. The van der Waals surface area contributed by atoms with Gasteiger partial charge in [-0.2, -0.15) is 5.26 Å². The Morgan fingerprint density at radius 1 is 0.957 bits per heavy atom. The lowest BCUT2D eigenvalue weighted by molar-refractivity contribution is 0.386. The molecule has 23 heavy (non-hydrogen) atoms. The van der Waals surface area contributed by atoms with Crippen LogP contribution in [0.4, 0.5) is 4.39 Å². The first kappa shape index (κ1) is 16.4. The van der Waals surface area contributed by atoms with Gasteiger partial charge in [-0.3, -0.25) is 0 Å². The number of allylic oxidation sites excluding steroid dienone is 1. The molecule has 0 aliphatic rings. The van der Waals surface area contributed by atoms with Crippen molar-refractivity contribution >= 4 is 5.57 Å². The Morgan fingerprint density at radius 2 is 1.61 bits per heavy atom. The van der Waals surface area contributed by atoms with Gasteiger partial charge in [0.2, 0.25) is 0 Å². The van der Waals surface area contributed by atoms with Crippen LogP contribution in [0.25, 0.3) is 5.57 Å². The van der Waals surface area contributed by atoms with Crippen molar-refractivity contribution in [3.8, 4) is 23.3 Å². The Hall–Kier alpha value is -3.00. The maximum Gasteiger partial charge on any atom is 0.165 e. The summed E-state index contributed by atoms with van der Waals surface area (Å²) in [5.41, 5.74) is 1.80. The van der Waals surface area contributed by atoms with Crippen molar-refractivity contribution < 1.29 is 18.6 Å². The average Bonchev–Trinajstić information content (AvgIpc) is 2.59. The summed E-state index contributed by atoms with van der Waals surface area (Å²) in [5.74, 6) is 0.811. The zero-order chi connectivity index (χ0) is 16.8. The number of methoxy groups -OCH3 is 3. The molecule has 2 aromatic carbocycles. The highest BCUT2D eigenvalue weighted by Crippen LogP contribution is 2.32. The number of nitriles is 1. The van der Waals surface area contributed by atoms with Crippen LogP contribution in [0.1, 0.15) is 11.1 Å². The number of rotatable bonds is 5. The molecule has 0 fully saturated rings. The quantitative estimate of drug-likeness (QED) is 0.788. The fourth-order valence-electron chi connectivity index (χ4n) is 2.19. The third kappa shape index (κ3) is 3.61. The van der Waals surface area contributed by atoms with E-state index >= 15 is 0 Å². The van der Waals surface area contributed by atoms with Crippen LogP contribution >= 0.6 is 0 Å². The predicted octanol–water partition coefficient (Wildman–Crippen LogP) is 3.81. The van der Waals surface area contributed by atoms with Crippen molar-refractivity contribution in [2.45, 2.75) is 0 Å². The van der Waals surface area contributed by atoms with E-state index < -0.39 is 5.82 Å². The summed E-state index contributed by atoms with van der Waals surface area (Å²) in [4.78, 5) is 0. The van der Waals surface area contributed by atoms with Gasteiger partial charge >= 0.3 is 0 Å². The maximum absolute atomic E-state index is 14.0. The summed E-state index contributed by atoms with van der Waals surface area (Å²) in [6, 6.07) is 11.8. The molecule has 0 heterocycles. The van der Waals surface area contributed by atoms with E-state index in [4.69, 9.17) is 19.5 Å². The number of halogens is 1. The second kappa shape index (κ2) is 7.32. The van der Waals surface area contributed by atoms with Gasteiger partial charge in [0, 0.05) is 12.1 Å². The Morgan fingerprint density at radius 3 is 2.09 bits per heavy atom. The Balaban J connectivity index is 2.58. The van der Waals surface area contributed by atoms with Crippen LogP contribution in [0, 0.1) is 17.1 Å². The lowest BCUT2D eigenvalue weighted by atomic mass is 9.97. The van der Waals surface area contributed by atoms with Crippen LogP contribution < -0.4 is 14.2 Å². The molecule has 0 saturated carbocycles. The Labute approximate surface area is 134 Å². The summed E-state index contributed by atoms with van der Waals surface area (Å²) in [7, 11) is 4.48. The standard InChI is InChI=1S/C18H16FNO3/c1-21-14-8-13(9-15(11-14)22-2)16(6-7-20)12-4-5-18(23-3)17(19)10-12/h4-6,8-11H,1-3H3/b16-6+. The van der Waals surface area contributed by atoms with Gasteiger partial charge in [-0.05, 0) is 41.0 Å². The third-order valence-electron chi connectivity index (χ3n) is 3.33. The molecule has 0 atom stereocenters. The molecule has 0 spiro atoms. The molecule has 118 valence electrons. The minimum atomic E-state index is -0.497. The minimum absolute atomic E-state index is 0.147. The first-order chi connectivity index (χ1) is 11.1. The van der Waals surface area contributed by atoms with Gasteiger partial charge in [0.05, 0.1) is 27.4 Å². The van der Waals surface area contributed by atoms with Crippen LogP contribution in [0.15, 0.2) is 42.5 Å². The molecule has 0 amide bonds. The zero-order valence-electron chi connectivity index (χ0n) is 13.1. The molecular formula is C18H16FNO3. The van der Waals surface area contributed by atoms with Crippen molar-refractivity contribution in [2.75, 3.05) is 21.3 Å². The van der Waals surface area contributed by atoms with E-state index in [-0.39, 0.29) is 5.75 Å². The number of nitrogens with zero attached hydrogens (tertiary/aromatic N) is 1. The third-order valence-corrected chi connectivity index (χ3v) is 3.33. The summed E-state index contributed by atoms with van der Waals surface area (Å²) in [5, 5.41) is 9.08. The van der Waals surface area contributed by atoms with Gasteiger partial charge < -0.3 is 14.2 Å². The molecular weight excluding hydrogens is 297 g/mol. The Kier molecular flexibility index (Phi) is 5.21. The largest absolute Gasteiger partial charge is 0.497 e. The highest BCUT2D eigenvalue weighted by Gasteiger charge is 2.12. The van der Waals surface area contributed by atoms with Gasteiger partial charge in [0.15, 0.2) is 11.6 Å². The smallest absolute Gasteiger partial charge is 0.165 e. The fourth-order valence-corrected chi connectivity index (χ4v) is 2.19. The zero-order valence-corrected chi connectivity index (χ0v) is 13.1. The summed E-state index contributed by atoms with van der Waals surface area (Å²) in [6.45, 7) is 0. The molecule has 0 radical (unpaired) electrons. The molecule has 2 aromatic rings. The molecule has 2 rings (SSSR count). The van der Waals surface area contributed by atoms with E-state index in [0.29, 0.717) is 28.2 Å². The minimum Gasteiger partial charge on any atom is -0.497 e. The van der Waals surface area contributed by atoms with Crippen LogP contribution in [-0.2, 0) is 0 Å². The molecule has 5 heteroatoms. The topological polar surface area (TPSA) is 51.5 Å². The first-order valence-corrected chi connectivity index (χ1v) is 6.80. The molecule has 0 saturated heterocycles. The van der Waals surface area contributed by atoms with Gasteiger partial charge in [-0.15, -0.1) is 0 Å². The monoisotopic (exact) mass is 313 g/mol. The van der Waals surface area contributed by atoms with Crippen LogP contribution in [0.5, 0.6) is 17.2 Å². The van der Waals surface area contributed by atoms with E-state index in [1.54, 1.807) is 38.5 Å². The fraction of sp³-hybridized carbons (Fsp3) is 0.167. The predicted molar refractivity (Wildman–Crippen MR) is 85.2 cm³/mol. The van der Waals surface area contributed by atoms with Crippen molar-refractivity contribution in [1.29, 1.82) is 5.26 Å². The molecule has 0 aromatic heterocycles. The molecule has 0 N–H and O–H groups in total. The van der Waals surface area contributed by atoms with Gasteiger partial charge in [-0.1, -0.05) is 6.07 Å². The lowest BCUT2D eigenvalue weighted by Gasteiger charge is -2.12. The maximum atomic E-state index is 14.0. The first-order valence-electron chi connectivity index (χ1n) is 6.80. The van der Waals surface area contributed by atoms with Gasteiger partial charge in [-0.25, -0.2) is 4.39 Å². The number of hydrogen-bond donors (Lipinski definition) is 0. The number of hydrogen-bond acceptors (Lipinski definition) is 4. The number of ether oxygens (including phenoxy) is 3. The highest BCUT2D eigenvalue weighted by molar-refractivity contribution is 5.82. The van der Waals surface area contributed by atoms with Gasteiger partial charge in [0.1, 0.15) is 11.5 Å². The van der Waals surface area contributed by atoms with Gasteiger partial charge in [0.25, 0.3) is 0 Å². The van der Waals surface area contributed by atoms with Crippen molar-refractivity contribution in [3.05, 3.63) is 59.4 Å². The van der Waals surface area contributed by atoms with Crippen LogP contribution in [0.2, 0.25) is 0 Å². The SMILES string of the molecule is COc1cc(OC)cc(/C(=C/C#N)c2ccc(OC)c(F)c2)c1.